The van der Waals surface area contributed by atoms with Gasteiger partial charge in [-0.25, -0.2) is 0 Å². The van der Waals surface area contributed by atoms with Gasteiger partial charge in [-0.3, -0.25) is 0 Å². The van der Waals surface area contributed by atoms with Gasteiger partial charge in [0.15, 0.2) is 0 Å². The maximum Gasteiger partial charge on any atom is 0.138 e. The van der Waals surface area contributed by atoms with Crippen molar-refractivity contribution in [3.05, 3.63) is 38.3 Å². The molecule has 0 bridgehead atoms. The van der Waals surface area contributed by atoms with Crippen LogP contribution in [0.2, 0.25) is 0 Å². The van der Waals surface area contributed by atoms with E-state index in [0.29, 0.717) is 11.7 Å². The van der Waals surface area contributed by atoms with E-state index in [0.717, 1.165) is 58.8 Å². The maximum atomic E-state index is 10.3. The van der Waals surface area contributed by atoms with Gasteiger partial charge in [-0.1, -0.05) is 0 Å². The highest BCUT2D eigenvalue weighted by molar-refractivity contribution is 9.13. The molecule has 2 aliphatic heterocycles. The van der Waals surface area contributed by atoms with E-state index in [4.69, 9.17) is 4.74 Å². The molecule has 2 aliphatic rings. The molecule has 1 N–H and O–H groups in total. The average molecular weight is 429 g/mol. The van der Waals surface area contributed by atoms with Gasteiger partial charge in [-0.2, -0.15) is 0 Å². The summed E-state index contributed by atoms with van der Waals surface area (Å²) < 4.78 is 9.55. The predicted molar refractivity (Wildman–Crippen MR) is 88.2 cm³/mol. The fraction of sp³-hybridized carbons (Fsp3) is 0.467. The second-order valence-electron chi connectivity index (χ2n) is 5.84. The molecule has 5 nitrogen and oxygen atoms in total. The first kappa shape index (κ1) is 14.7. The Kier molecular flexibility index (Phi) is 3.74. The van der Waals surface area contributed by atoms with Crippen LogP contribution in [-0.2, 0) is 17.7 Å². The highest BCUT2D eigenvalue weighted by atomic mass is 79.9. The van der Waals surface area contributed by atoms with E-state index in [1.807, 2.05) is 6.07 Å². The van der Waals surface area contributed by atoms with Gasteiger partial charge in [0.25, 0.3) is 0 Å². The van der Waals surface area contributed by atoms with Gasteiger partial charge in [0.2, 0.25) is 0 Å². The third-order valence-corrected chi connectivity index (χ3v) is 6.55. The molecular weight excluding hydrogens is 414 g/mol. The lowest BCUT2D eigenvalue weighted by Crippen LogP contribution is -2.10. The highest BCUT2D eigenvalue weighted by Crippen LogP contribution is 2.42. The molecule has 22 heavy (non-hydrogen) atoms. The molecule has 0 saturated carbocycles. The number of phenols is 1. The first-order chi connectivity index (χ1) is 10.6. The van der Waals surface area contributed by atoms with Crippen LogP contribution in [0, 0.1) is 0 Å². The molecule has 0 amide bonds. The largest absolute Gasteiger partial charge is 0.508 e. The Morgan fingerprint density at radius 2 is 2.09 bits per heavy atom. The third kappa shape index (κ3) is 2.30. The van der Waals surface area contributed by atoms with Crippen LogP contribution >= 0.6 is 31.9 Å². The van der Waals surface area contributed by atoms with E-state index in [2.05, 4.69) is 46.6 Å². The van der Waals surface area contributed by atoms with Crippen molar-refractivity contribution in [3.63, 3.8) is 0 Å². The Hall–Kier alpha value is -0.920. The molecule has 1 fully saturated rings. The quantitative estimate of drug-likeness (QED) is 0.796. The topological polar surface area (TPSA) is 60.2 Å². The number of ether oxygens (including phenoxy) is 1. The second-order valence-corrected chi connectivity index (χ2v) is 7.49. The van der Waals surface area contributed by atoms with Crippen molar-refractivity contribution in [2.75, 3.05) is 13.2 Å². The molecule has 1 unspecified atom stereocenters. The molecule has 0 spiro atoms. The molecule has 2 atom stereocenters. The number of benzene rings is 1. The van der Waals surface area contributed by atoms with E-state index in [-0.39, 0.29) is 5.92 Å². The van der Waals surface area contributed by atoms with Gasteiger partial charge in [0.05, 0.1) is 6.61 Å². The van der Waals surface area contributed by atoms with Crippen molar-refractivity contribution < 1.29 is 9.84 Å². The Morgan fingerprint density at radius 3 is 2.86 bits per heavy atom. The van der Waals surface area contributed by atoms with Crippen LogP contribution in [0.25, 0.3) is 0 Å². The summed E-state index contributed by atoms with van der Waals surface area (Å²) in [5.41, 5.74) is 0.938. The Balaban J connectivity index is 1.67. The number of rotatable bonds is 2. The van der Waals surface area contributed by atoms with Crippen molar-refractivity contribution in [2.24, 2.45) is 0 Å². The lowest BCUT2D eigenvalue weighted by Gasteiger charge is -2.16. The van der Waals surface area contributed by atoms with Crippen LogP contribution < -0.4 is 0 Å². The highest BCUT2D eigenvalue weighted by Gasteiger charge is 2.33. The fourth-order valence-electron chi connectivity index (χ4n) is 3.38. The van der Waals surface area contributed by atoms with Crippen molar-refractivity contribution in [1.29, 1.82) is 0 Å². The minimum Gasteiger partial charge on any atom is -0.508 e. The van der Waals surface area contributed by atoms with Gasteiger partial charge in [-0.15, -0.1) is 10.2 Å². The molecule has 7 heteroatoms. The standard InChI is InChI=1S/C15H15Br2N3O2/c16-10-1-2-11(21)13(14(10)17)9-5-12-18-19-15(20(12)6-9)8-3-4-22-7-8/h1-2,8-9,21H,3-7H2/t8-,9?/m1/s1. The number of halogens is 2. The zero-order valence-electron chi connectivity index (χ0n) is 11.8. The van der Waals surface area contributed by atoms with E-state index in [9.17, 15) is 5.11 Å². The summed E-state index contributed by atoms with van der Waals surface area (Å²) >= 11 is 7.10. The maximum absolute atomic E-state index is 10.3. The molecule has 1 aromatic heterocycles. The van der Waals surface area contributed by atoms with Crippen LogP contribution in [0.4, 0.5) is 0 Å². The predicted octanol–water partition coefficient (Wildman–Crippen LogP) is 3.35. The number of hydrogen-bond donors (Lipinski definition) is 1. The van der Waals surface area contributed by atoms with Crippen LogP contribution in [0.3, 0.4) is 0 Å². The summed E-state index contributed by atoms with van der Waals surface area (Å²) in [6.45, 7) is 2.33. The molecular formula is C15H15Br2N3O2. The minimum atomic E-state index is 0.207. The smallest absolute Gasteiger partial charge is 0.138 e. The monoisotopic (exact) mass is 427 g/mol. The summed E-state index contributed by atoms with van der Waals surface area (Å²) in [4.78, 5) is 0. The van der Waals surface area contributed by atoms with E-state index >= 15 is 0 Å². The SMILES string of the molecule is Oc1ccc(Br)c(Br)c1C1Cc2nnc([C@@H]3CCOC3)n2C1. The number of phenolic OH excluding ortho intramolecular Hbond substituents is 1. The summed E-state index contributed by atoms with van der Waals surface area (Å²) in [7, 11) is 0. The first-order valence-electron chi connectivity index (χ1n) is 7.31. The van der Waals surface area contributed by atoms with E-state index in [1.165, 1.54) is 0 Å². The second kappa shape index (κ2) is 5.62. The molecule has 1 saturated heterocycles. The minimum absolute atomic E-state index is 0.207. The van der Waals surface area contributed by atoms with Crippen molar-refractivity contribution >= 4 is 31.9 Å². The van der Waals surface area contributed by atoms with Crippen molar-refractivity contribution in [3.8, 4) is 5.75 Å². The van der Waals surface area contributed by atoms with Crippen LogP contribution in [0.1, 0.15) is 35.5 Å². The molecule has 3 heterocycles. The number of aromatic hydroxyl groups is 1. The van der Waals surface area contributed by atoms with Crippen LogP contribution in [0.15, 0.2) is 21.1 Å². The summed E-state index contributed by atoms with van der Waals surface area (Å²) in [5.74, 6) is 2.90. The number of fused-ring (bicyclic) bond motifs is 1. The molecule has 0 radical (unpaired) electrons. The lowest BCUT2D eigenvalue weighted by molar-refractivity contribution is 0.192. The molecule has 0 aliphatic carbocycles. The van der Waals surface area contributed by atoms with Gasteiger partial charge in [-0.05, 0) is 50.4 Å². The summed E-state index contributed by atoms with van der Waals surface area (Å²) in [5, 5.41) is 19.0. The number of hydrogen-bond acceptors (Lipinski definition) is 4. The van der Waals surface area contributed by atoms with Gasteiger partial charge >= 0.3 is 0 Å². The zero-order chi connectivity index (χ0) is 15.3. The van der Waals surface area contributed by atoms with Crippen LogP contribution in [-0.4, -0.2) is 33.1 Å². The zero-order valence-corrected chi connectivity index (χ0v) is 15.0. The average Bonchev–Trinajstić information content (AvgIpc) is 3.18. The van der Waals surface area contributed by atoms with Gasteiger partial charge in [0.1, 0.15) is 17.4 Å². The van der Waals surface area contributed by atoms with E-state index < -0.39 is 0 Å². The molecule has 4 rings (SSSR count). The number of aromatic nitrogens is 3. The van der Waals surface area contributed by atoms with Gasteiger partial charge in [0, 0.05) is 45.9 Å². The van der Waals surface area contributed by atoms with Crippen LogP contribution in [0.5, 0.6) is 5.75 Å². The third-order valence-electron chi connectivity index (χ3n) is 4.50. The molecule has 1 aromatic carbocycles. The van der Waals surface area contributed by atoms with Crippen molar-refractivity contribution in [2.45, 2.75) is 31.2 Å². The van der Waals surface area contributed by atoms with Gasteiger partial charge < -0.3 is 14.4 Å². The summed E-state index contributed by atoms with van der Waals surface area (Å²) in [6, 6.07) is 3.58. The van der Waals surface area contributed by atoms with E-state index in [1.54, 1.807) is 6.07 Å². The Morgan fingerprint density at radius 1 is 1.23 bits per heavy atom. The lowest BCUT2D eigenvalue weighted by atomic mass is 9.97. The number of nitrogens with zero attached hydrogens (tertiary/aromatic N) is 3. The fourth-order valence-corrected chi connectivity index (χ4v) is 4.39. The normalized spacial score (nSPS) is 23.9. The first-order valence-corrected chi connectivity index (χ1v) is 8.90. The molecule has 2 aromatic rings. The molecule has 116 valence electrons. The summed E-state index contributed by atoms with van der Waals surface area (Å²) in [6.07, 6.45) is 1.80. The Bertz CT molecular complexity index is 726. The van der Waals surface area contributed by atoms with Crippen molar-refractivity contribution in [1.82, 2.24) is 14.8 Å². The Labute approximate surface area is 145 Å².